The van der Waals surface area contributed by atoms with Gasteiger partial charge in [-0.15, -0.1) is 0 Å². The minimum atomic E-state index is -0.260. The van der Waals surface area contributed by atoms with Crippen molar-refractivity contribution in [1.29, 1.82) is 0 Å². The third kappa shape index (κ3) is 3.12. The average Bonchev–Trinajstić information content (AvgIpc) is 2.81. The molecule has 102 valence electrons. The number of ether oxygens (including phenoxy) is 1. The molecule has 5 heteroatoms. The van der Waals surface area contributed by atoms with Gasteiger partial charge in [0.25, 0.3) is 0 Å². The van der Waals surface area contributed by atoms with Crippen LogP contribution in [0.2, 0.25) is 0 Å². The molecule has 0 radical (unpaired) electrons. The molecular weight excluding hydrogens is 245 g/mol. The minimum absolute atomic E-state index is 0.0826. The summed E-state index contributed by atoms with van der Waals surface area (Å²) in [7, 11) is 3.41. The lowest BCUT2D eigenvalue weighted by Gasteiger charge is -2.15. The van der Waals surface area contributed by atoms with Gasteiger partial charge >= 0.3 is 0 Å². The SMILES string of the molecule is COc1ccc(C(C)NCc2ccnn2C)c(F)c1. The quantitative estimate of drug-likeness (QED) is 0.900. The Morgan fingerprint density at radius 1 is 1.42 bits per heavy atom. The summed E-state index contributed by atoms with van der Waals surface area (Å²) in [6, 6.07) is 6.76. The molecule has 1 N–H and O–H groups in total. The molecule has 0 saturated heterocycles. The largest absolute Gasteiger partial charge is 0.497 e. The average molecular weight is 263 g/mol. The standard InChI is InChI=1S/C14H18FN3O/c1-10(16-9-11-6-7-17-18(11)2)13-5-4-12(19-3)8-14(13)15/h4-8,10,16H,9H2,1-3H3. The monoisotopic (exact) mass is 263 g/mol. The van der Waals surface area contributed by atoms with E-state index in [0.717, 1.165) is 5.69 Å². The van der Waals surface area contributed by atoms with Crippen LogP contribution in [0.4, 0.5) is 4.39 Å². The summed E-state index contributed by atoms with van der Waals surface area (Å²) in [5.41, 5.74) is 1.68. The van der Waals surface area contributed by atoms with E-state index in [1.807, 2.05) is 20.0 Å². The van der Waals surface area contributed by atoms with Gasteiger partial charge in [0, 0.05) is 37.5 Å². The van der Waals surface area contributed by atoms with E-state index >= 15 is 0 Å². The first-order chi connectivity index (χ1) is 9.11. The zero-order valence-electron chi connectivity index (χ0n) is 11.4. The van der Waals surface area contributed by atoms with Crippen LogP contribution < -0.4 is 10.1 Å². The van der Waals surface area contributed by atoms with Gasteiger partial charge in [-0.25, -0.2) is 4.39 Å². The summed E-state index contributed by atoms with van der Waals surface area (Å²) in [5.74, 6) is 0.268. The summed E-state index contributed by atoms with van der Waals surface area (Å²) in [6.07, 6.45) is 1.75. The molecule has 0 spiro atoms. The summed E-state index contributed by atoms with van der Waals surface area (Å²) < 4.78 is 20.7. The van der Waals surface area contributed by atoms with Crippen molar-refractivity contribution < 1.29 is 9.13 Å². The summed E-state index contributed by atoms with van der Waals surface area (Å²) in [6.45, 7) is 2.57. The second-order valence-electron chi connectivity index (χ2n) is 4.44. The highest BCUT2D eigenvalue weighted by molar-refractivity contribution is 5.30. The number of aromatic nitrogens is 2. The Morgan fingerprint density at radius 3 is 2.79 bits per heavy atom. The van der Waals surface area contributed by atoms with Crippen molar-refractivity contribution in [1.82, 2.24) is 15.1 Å². The fourth-order valence-corrected chi connectivity index (χ4v) is 1.93. The Hall–Kier alpha value is -1.88. The zero-order chi connectivity index (χ0) is 13.8. The minimum Gasteiger partial charge on any atom is -0.497 e. The predicted octanol–water partition coefficient (Wildman–Crippen LogP) is 2.42. The van der Waals surface area contributed by atoms with E-state index in [0.29, 0.717) is 17.9 Å². The molecule has 19 heavy (non-hydrogen) atoms. The molecule has 1 atom stereocenters. The summed E-state index contributed by atoms with van der Waals surface area (Å²) >= 11 is 0. The molecule has 1 aromatic heterocycles. The van der Waals surface area contributed by atoms with Crippen molar-refractivity contribution >= 4 is 0 Å². The van der Waals surface area contributed by atoms with Gasteiger partial charge < -0.3 is 10.1 Å². The van der Waals surface area contributed by atoms with E-state index in [2.05, 4.69) is 10.4 Å². The number of aryl methyl sites for hydroxylation is 1. The molecule has 0 fully saturated rings. The lowest BCUT2D eigenvalue weighted by atomic mass is 10.1. The van der Waals surface area contributed by atoms with Crippen LogP contribution in [0.15, 0.2) is 30.5 Å². The number of nitrogens with zero attached hydrogens (tertiary/aromatic N) is 2. The van der Waals surface area contributed by atoms with Crippen molar-refractivity contribution in [2.24, 2.45) is 7.05 Å². The molecule has 0 aliphatic rings. The molecule has 0 bridgehead atoms. The van der Waals surface area contributed by atoms with Crippen LogP contribution in [0.1, 0.15) is 24.2 Å². The molecule has 0 amide bonds. The summed E-state index contributed by atoms with van der Waals surface area (Å²) in [5, 5.41) is 7.37. The molecule has 2 rings (SSSR count). The van der Waals surface area contributed by atoms with E-state index in [-0.39, 0.29) is 11.9 Å². The summed E-state index contributed by atoms with van der Waals surface area (Å²) in [4.78, 5) is 0. The molecule has 1 heterocycles. The molecule has 0 aliphatic carbocycles. The Bertz CT molecular complexity index is 553. The van der Waals surface area contributed by atoms with Gasteiger partial charge in [0.05, 0.1) is 12.8 Å². The Morgan fingerprint density at radius 2 is 2.21 bits per heavy atom. The van der Waals surface area contributed by atoms with Gasteiger partial charge in [-0.05, 0) is 19.1 Å². The third-order valence-electron chi connectivity index (χ3n) is 3.19. The van der Waals surface area contributed by atoms with Gasteiger partial charge in [-0.3, -0.25) is 4.68 Å². The van der Waals surface area contributed by atoms with Crippen LogP contribution in [-0.2, 0) is 13.6 Å². The fraction of sp³-hybridized carbons (Fsp3) is 0.357. The van der Waals surface area contributed by atoms with E-state index in [1.165, 1.54) is 13.2 Å². The molecule has 1 unspecified atom stereocenters. The number of hydrogen-bond donors (Lipinski definition) is 1. The molecule has 4 nitrogen and oxygen atoms in total. The smallest absolute Gasteiger partial charge is 0.131 e. The van der Waals surface area contributed by atoms with E-state index in [9.17, 15) is 4.39 Å². The third-order valence-corrected chi connectivity index (χ3v) is 3.19. The topological polar surface area (TPSA) is 39.1 Å². The maximum Gasteiger partial charge on any atom is 0.131 e. The Kier molecular flexibility index (Phi) is 4.16. The molecular formula is C14H18FN3O. The maximum atomic E-state index is 13.9. The van der Waals surface area contributed by atoms with E-state index in [1.54, 1.807) is 23.0 Å². The van der Waals surface area contributed by atoms with Crippen molar-refractivity contribution in [3.63, 3.8) is 0 Å². The normalized spacial score (nSPS) is 12.4. The van der Waals surface area contributed by atoms with Gasteiger partial charge in [0.1, 0.15) is 11.6 Å². The van der Waals surface area contributed by atoms with Crippen molar-refractivity contribution in [3.8, 4) is 5.75 Å². The first-order valence-electron chi connectivity index (χ1n) is 6.15. The van der Waals surface area contributed by atoms with Crippen molar-refractivity contribution in [2.75, 3.05) is 7.11 Å². The zero-order valence-corrected chi connectivity index (χ0v) is 11.4. The maximum absolute atomic E-state index is 13.9. The molecule has 2 aromatic rings. The van der Waals surface area contributed by atoms with Gasteiger partial charge in [-0.1, -0.05) is 6.07 Å². The van der Waals surface area contributed by atoms with Crippen LogP contribution in [0.25, 0.3) is 0 Å². The second kappa shape index (κ2) is 5.84. The first kappa shape index (κ1) is 13.5. The lowest BCUT2D eigenvalue weighted by molar-refractivity contribution is 0.409. The molecule has 0 aliphatic heterocycles. The highest BCUT2D eigenvalue weighted by atomic mass is 19.1. The first-order valence-corrected chi connectivity index (χ1v) is 6.15. The van der Waals surface area contributed by atoms with Gasteiger partial charge in [0.15, 0.2) is 0 Å². The predicted molar refractivity (Wildman–Crippen MR) is 71.4 cm³/mol. The van der Waals surface area contributed by atoms with E-state index in [4.69, 9.17) is 4.74 Å². The molecule has 1 aromatic carbocycles. The van der Waals surface area contributed by atoms with Crippen LogP contribution in [0, 0.1) is 5.82 Å². The lowest BCUT2D eigenvalue weighted by Crippen LogP contribution is -2.20. The van der Waals surface area contributed by atoms with Crippen LogP contribution in [0.5, 0.6) is 5.75 Å². The number of halogens is 1. The van der Waals surface area contributed by atoms with Crippen LogP contribution in [0.3, 0.4) is 0 Å². The number of rotatable bonds is 5. The Balaban J connectivity index is 2.03. The number of nitrogens with one attached hydrogen (secondary N) is 1. The van der Waals surface area contributed by atoms with Gasteiger partial charge in [-0.2, -0.15) is 5.10 Å². The number of hydrogen-bond acceptors (Lipinski definition) is 3. The van der Waals surface area contributed by atoms with Crippen LogP contribution in [-0.4, -0.2) is 16.9 Å². The van der Waals surface area contributed by atoms with Crippen LogP contribution >= 0.6 is 0 Å². The Labute approximate surface area is 112 Å². The number of benzene rings is 1. The highest BCUT2D eigenvalue weighted by Gasteiger charge is 2.12. The number of methoxy groups -OCH3 is 1. The van der Waals surface area contributed by atoms with Gasteiger partial charge in [0.2, 0.25) is 0 Å². The van der Waals surface area contributed by atoms with Crippen molar-refractivity contribution in [2.45, 2.75) is 19.5 Å². The highest BCUT2D eigenvalue weighted by Crippen LogP contribution is 2.21. The fourth-order valence-electron chi connectivity index (χ4n) is 1.93. The molecule has 0 saturated carbocycles. The van der Waals surface area contributed by atoms with Crippen molar-refractivity contribution in [3.05, 3.63) is 47.5 Å². The van der Waals surface area contributed by atoms with E-state index < -0.39 is 0 Å². The second-order valence-corrected chi connectivity index (χ2v) is 4.44.